The third-order valence-electron chi connectivity index (χ3n) is 3.15. The van der Waals surface area contributed by atoms with Gasteiger partial charge in [0.05, 0.1) is 24.6 Å². The predicted octanol–water partition coefficient (Wildman–Crippen LogP) is 1.07. The van der Waals surface area contributed by atoms with Crippen LogP contribution in [0.3, 0.4) is 0 Å². The first kappa shape index (κ1) is 14.0. The molecule has 104 valence electrons. The molecule has 0 radical (unpaired) electrons. The van der Waals surface area contributed by atoms with Gasteiger partial charge in [-0.1, -0.05) is 0 Å². The summed E-state index contributed by atoms with van der Waals surface area (Å²) < 4.78 is 0. The molecular weight excluding hydrogens is 268 g/mol. The van der Waals surface area contributed by atoms with Crippen molar-refractivity contribution in [2.45, 2.75) is 25.8 Å². The van der Waals surface area contributed by atoms with Gasteiger partial charge >= 0.3 is 11.9 Å². The zero-order valence-corrected chi connectivity index (χ0v) is 11.2. The van der Waals surface area contributed by atoms with E-state index >= 15 is 0 Å². The molecule has 1 saturated heterocycles. The number of aliphatic carboxylic acids is 2. The molecule has 2 N–H and O–H groups in total. The van der Waals surface area contributed by atoms with Crippen LogP contribution in [0.4, 0.5) is 0 Å². The van der Waals surface area contributed by atoms with Crippen molar-refractivity contribution in [3.63, 3.8) is 0 Å². The third-order valence-corrected chi connectivity index (χ3v) is 4.03. The molecule has 19 heavy (non-hydrogen) atoms. The molecule has 0 aromatic carbocycles. The van der Waals surface area contributed by atoms with Crippen LogP contribution in [-0.4, -0.2) is 45.1 Å². The zero-order chi connectivity index (χ0) is 13.8. The van der Waals surface area contributed by atoms with Gasteiger partial charge in [-0.25, -0.2) is 4.98 Å². The Bertz CT molecular complexity index is 474. The van der Waals surface area contributed by atoms with E-state index in [1.165, 1.54) is 11.3 Å². The molecule has 1 unspecified atom stereocenters. The average Bonchev–Trinajstić information content (AvgIpc) is 2.76. The number of piperidine rings is 1. The molecule has 1 aliphatic heterocycles. The summed E-state index contributed by atoms with van der Waals surface area (Å²) in [5.74, 6) is -1.93. The summed E-state index contributed by atoms with van der Waals surface area (Å²) in [5, 5.41) is 20.3. The summed E-state index contributed by atoms with van der Waals surface area (Å²) in [6.07, 6.45) is 1.55. The van der Waals surface area contributed by atoms with E-state index in [1.807, 2.05) is 0 Å². The maximum Gasteiger partial charge on any atom is 0.309 e. The molecule has 0 saturated carbocycles. The van der Waals surface area contributed by atoms with Gasteiger partial charge in [-0.15, -0.1) is 11.3 Å². The highest BCUT2D eigenvalue weighted by Crippen LogP contribution is 2.20. The van der Waals surface area contributed by atoms with Gasteiger partial charge in [0, 0.05) is 11.9 Å². The minimum Gasteiger partial charge on any atom is -0.481 e. The first-order chi connectivity index (χ1) is 9.04. The molecule has 2 heterocycles. The van der Waals surface area contributed by atoms with Crippen LogP contribution in [0.1, 0.15) is 23.5 Å². The molecule has 1 aromatic heterocycles. The van der Waals surface area contributed by atoms with Gasteiger partial charge in [0.2, 0.25) is 0 Å². The molecule has 1 aromatic rings. The van der Waals surface area contributed by atoms with Gasteiger partial charge in [-0.05, 0) is 19.4 Å². The molecule has 1 fully saturated rings. The standard InChI is InChI=1S/C12H16N2O4S/c15-11(16)4-9-7-19-10(13-9)6-14-3-1-2-8(5-14)12(17)18/h7-8H,1-6H2,(H,15,16)(H,17,18). The van der Waals surface area contributed by atoms with Gasteiger partial charge < -0.3 is 10.2 Å². The quantitative estimate of drug-likeness (QED) is 0.840. The fourth-order valence-electron chi connectivity index (χ4n) is 2.25. The van der Waals surface area contributed by atoms with E-state index in [1.54, 1.807) is 5.38 Å². The highest BCUT2D eigenvalue weighted by molar-refractivity contribution is 7.09. The molecular formula is C12H16N2O4S. The maximum absolute atomic E-state index is 11.0. The number of carbonyl (C=O) groups is 2. The highest BCUT2D eigenvalue weighted by atomic mass is 32.1. The Morgan fingerprint density at radius 2 is 2.26 bits per heavy atom. The number of carboxylic acid groups (broad SMARTS) is 2. The Labute approximate surface area is 114 Å². The molecule has 0 bridgehead atoms. The van der Waals surface area contributed by atoms with Crippen LogP contribution in [0.15, 0.2) is 5.38 Å². The monoisotopic (exact) mass is 284 g/mol. The minimum atomic E-state index is -0.888. The van der Waals surface area contributed by atoms with Crippen LogP contribution in [0.2, 0.25) is 0 Å². The van der Waals surface area contributed by atoms with Crippen molar-refractivity contribution in [3.8, 4) is 0 Å². The lowest BCUT2D eigenvalue weighted by Gasteiger charge is -2.29. The molecule has 0 spiro atoms. The second-order valence-corrected chi connectivity index (χ2v) is 5.66. The number of thiazole rings is 1. The van der Waals surface area contributed by atoms with Gasteiger partial charge in [-0.3, -0.25) is 14.5 Å². The smallest absolute Gasteiger partial charge is 0.309 e. The Morgan fingerprint density at radius 1 is 1.47 bits per heavy atom. The summed E-state index contributed by atoms with van der Waals surface area (Å²) in [5.41, 5.74) is 0.569. The normalized spacial score (nSPS) is 20.3. The van der Waals surface area contributed by atoms with E-state index in [4.69, 9.17) is 10.2 Å². The first-order valence-electron chi connectivity index (χ1n) is 6.15. The molecule has 1 atom stereocenters. The van der Waals surface area contributed by atoms with Gasteiger partial charge in [0.1, 0.15) is 5.01 Å². The van der Waals surface area contributed by atoms with Gasteiger partial charge in [0.15, 0.2) is 0 Å². The number of rotatable bonds is 5. The van der Waals surface area contributed by atoms with Gasteiger partial charge in [0.25, 0.3) is 0 Å². The van der Waals surface area contributed by atoms with Crippen molar-refractivity contribution in [2.24, 2.45) is 5.92 Å². The lowest BCUT2D eigenvalue weighted by atomic mass is 9.98. The second-order valence-electron chi connectivity index (χ2n) is 4.72. The molecule has 0 aliphatic carbocycles. The van der Waals surface area contributed by atoms with E-state index in [0.29, 0.717) is 18.8 Å². The Hall–Kier alpha value is -1.47. The van der Waals surface area contributed by atoms with E-state index < -0.39 is 11.9 Å². The summed E-state index contributed by atoms with van der Waals surface area (Å²) >= 11 is 1.43. The minimum absolute atomic E-state index is 0.0613. The molecule has 0 amide bonds. The van der Waals surface area contributed by atoms with Crippen LogP contribution in [0, 0.1) is 5.92 Å². The van der Waals surface area contributed by atoms with E-state index in [2.05, 4.69) is 9.88 Å². The van der Waals surface area contributed by atoms with Crippen LogP contribution in [-0.2, 0) is 22.6 Å². The van der Waals surface area contributed by atoms with Crippen molar-refractivity contribution in [1.82, 2.24) is 9.88 Å². The number of likely N-dealkylation sites (tertiary alicyclic amines) is 1. The summed E-state index contributed by atoms with van der Waals surface area (Å²) in [7, 11) is 0. The number of hydrogen-bond donors (Lipinski definition) is 2. The van der Waals surface area contributed by atoms with Crippen LogP contribution in [0.25, 0.3) is 0 Å². The fourth-order valence-corrected chi connectivity index (χ4v) is 3.08. The van der Waals surface area contributed by atoms with Crippen LogP contribution in [0.5, 0.6) is 0 Å². The van der Waals surface area contributed by atoms with E-state index in [0.717, 1.165) is 24.4 Å². The SMILES string of the molecule is O=C(O)Cc1csc(CN2CCCC(C(=O)O)C2)n1. The molecule has 6 nitrogen and oxygen atoms in total. The van der Waals surface area contributed by atoms with Crippen molar-refractivity contribution < 1.29 is 19.8 Å². The van der Waals surface area contributed by atoms with Crippen LogP contribution < -0.4 is 0 Å². The van der Waals surface area contributed by atoms with Crippen LogP contribution >= 0.6 is 11.3 Å². The number of nitrogens with zero attached hydrogens (tertiary/aromatic N) is 2. The second kappa shape index (κ2) is 6.12. The summed E-state index contributed by atoms with van der Waals surface area (Å²) in [4.78, 5) is 27.9. The summed E-state index contributed by atoms with van der Waals surface area (Å²) in [6, 6.07) is 0. The van der Waals surface area contributed by atoms with Crippen molar-refractivity contribution in [1.29, 1.82) is 0 Å². The fraction of sp³-hybridized carbons (Fsp3) is 0.583. The van der Waals surface area contributed by atoms with Gasteiger partial charge in [-0.2, -0.15) is 0 Å². The van der Waals surface area contributed by atoms with Crippen molar-refractivity contribution >= 4 is 23.3 Å². The predicted molar refractivity (Wildman–Crippen MR) is 69.1 cm³/mol. The number of hydrogen-bond acceptors (Lipinski definition) is 5. The Balaban J connectivity index is 1.91. The number of carboxylic acids is 2. The van der Waals surface area contributed by atoms with Crippen molar-refractivity contribution in [2.75, 3.05) is 13.1 Å². The lowest BCUT2D eigenvalue weighted by molar-refractivity contribution is -0.143. The van der Waals surface area contributed by atoms with E-state index in [9.17, 15) is 9.59 Å². The highest BCUT2D eigenvalue weighted by Gasteiger charge is 2.25. The van der Waals surface area contributed by atoms with E-state index in [-0.39, 0.29) is 12.3 Å². The Kier molecular flexibility index (Phi) is 4.49. The summed E-state index contributed by atoms with van der Waals surface area (Å²) in [6.45, 7) is 2.02. The van der Waals surface area contributed by atoms with Crippen molar-refractivity contribution in [3.05, 3.63) is 16.1 Å². The topological polar surface area (TPSA) is 90.7 Å². The molecule has 7 heteroatoms. The molecule has 1 aliphatic rings. The number of aromatic nitrogens is 1. The maximum atomic E-state index is 11.0. The first-order valence-corrected chi connectivity index (χ1v) is 7.03. The largest absolute Gasteiger partial charge is 0.481 e. The third kappa shape index (κ3) is 4.00. The zero-order valence-electron chi connectivity index (χ0n) is 10.4. The molecule has 2 rings (SSSR count). The average molecular weight is 284 g/mol. The lowest BCUT2D eigenvalue weighted by Crippen LogP contribution is -2.38. The Morgan fingerprint density at radius 3 is 2.95 bits per heavy atom.